The highest BCUT2D eigenvalue weighted by Crippen LogP contribution is 2.30. The van der Waals surface area contributed by atoms with E-state index in [0.29, 0.717) is 23.6 Å². The van der Waals surface area contributed by atoms with Gasteiger partial charge in [-0.1, -0.05) is 6.92 Å². The zero-order chi connectivity index (χ0) is 16.3. The van der Waals surface area contributed by atoms with Crippen molar-refractivity contribution in [3.8, 4) is 11.5 Å². The zero-order valence-electron chi connectivity index (χ0n) is 14.1. The summed E-state index contributed by atoms with van der Waals surface area (Å²) in [4.78, 5) is 18.4. The Morgan fingerprint density at radius 2 is 1.96 bits per heavy atom. The van der Waals surface area contributed by atoms with Crippen molar-refractivity contribution in [2.75, 3.05) is 19.6 Å². The highest BCUT2D eigenvalue weighted by Gasteiger charge is 2.35. The fourth-order valence-electron chi connectivity index (χ4n) is 2.76. The number of carbonyl (C=O) groups is 1. The molecule has 1 unspecified atom stereocenters. The third kappa shape index (κ3) is 5.08. The van der Waals surface area contributed by atoms with E-state index in [4.69, 9.17) is 10.5 Å². The van der Waals surface area contributed by atoms with Crippen LogP contribution in [0.5, 0.6) is 11.5 Å². The maximum atomic E-state index is 12.6. The fourth-order valence-corrected chi connectivity index (χ4v) is 2.76. The van der Waals surface area contributed by atoms with Crippen LogP contribution in [0.2, 0.25) is 0 Å². The number of likely N-dealkylation sites (tertiary alicyclic amines) is 1. The van der Waals surface area contributed by atoms with Crippen LogP contribution in [0.1, 0.15) is 23.7 Å². The second-order valence-corrected chi connectivity index (χ2v) is 6.31. The van der Waals surface area contributed by atoms with Crippen LogP contribution in [-0.4, -0.2) is 35.4 Å². The van der Waals surface area contributed by atoms with Crippen molar-refractivity contribution >= 4 is 30.7 Å². The highest BCUT2D eigenvalue weighted by atomic mass is 35.5. The summed E-state index contributed by atoms with van der Waals surface area (Å²) in [6.07, 6.45) is 4.30. The summed E-state index contributed by atoms with van der Waals surface area (Å²) in [5.74, 6) is 1.41. The minimum absolute atomic E-state index is 0. The summed E-state index contributed by atoms with van der Waals surface area (Å²) in [6.45, 7) is 4.22. The summed E-state index contributed by atoms with van der Waals surface area (Å²) in [5.41, 5.74) is 6.51. The van der Waals surface area contributed by atoms with Crippen molar-refractivity contribution in [3.63, 3.8) is 0 Å². The topological polar surface area (TPSA) is 68.5 Å². The number of pyridine rings is 1. The summed E-state index contributed by atoms with van der Waals surface area (Å²) < 4.78 is 5.69. The van der Waals surface area contributed by atoms with Gasteiger partial charge in [-0.25, -0.2) is 0 Å². The zero-order valence-corrected chi connectivity index (χ0v) is 15.7. The molecule has 1 aliphatic heterocycles. The van der Waals surface area contributed by atoms with Crippen molar-refractivity contribution < 1.29 is 9.53 Å². The van der Waals surface area contributed by atoms with Gasteiger partial charge >= 0.3 is 0 Å². The molecule has 1 aromatic carbocycles. The van der Waals surface area contributed by atoms with Gasteiger partial charge in [0.2, 0.25) is 0 Å². The Bertz CT molecular complexity index is 682. The van der Waals surface area contributed by atoms with Crippen LogP contribution >= 0.6 is 24.8 Å². The van der Waals surface area contributed by atoms with E-state index >= 15 is 0 Å². The molecule has 0 radical (unpaired) electrons. The van der Waals surface area contributed by atoms with Gasteiger partial charge < -0.3 is 15.4 Å². The molecule has 136 valence electrons. The maximum Gasteiger partial charge on any atom is 0.253 e. The second kappa shape index (κ2) is 9.04. The standard InChI is InChI=1S/C18H21N3O2.2ClH/c1-18(12-19)8-10-21(13-18)17(22)14-4-6-15(7-5-14)23-16-3-2-9-20-11-16;;/h2-7,9,11H,8,10,12-13,19H2,1H3;2*1H. The molecule has 0 spiro atoms. The lowest BCUT2D eigenvalue weighted by Crippen LogP contribution is -2.34. The average Bonchev–Trinajstić information content (AvgIpc) is 2.99. The van der Waals surface area contributed by atoms with Crippen molar-refractivity contribution in [1.29, 1.82) is 0 Å². The van der Waals surface area contributed by atoms with E-state index in [1.165, 1.54) is 0 Å². The summed E-state index contributed by atoms with van der Waals surface area (Å²) in [6, 6.07) is 10.9. The molecule has 1 aliphatic rings. The molecule has 0 bridgehead atoms. The number of nitrogens with two attached hydrogens (primary N) is 1. The predicted octanol–water partition coefficient (Wildman–Crippen LogP) is 3.53. The van der Waals surface area contributed by atoms with Crippen molar-refractivity contribution in [1.82, 2.24) is 9.88 Å². The molecule has 2 N–H and O–H groups in total. The summed E-state index contributed by atoms with van der Waals surface area (Å²) >= 11 is 0. The number of ether oxygens (including phenoxy) is 1. The van der Waals surface area contributed by atoms with Gasteiger partial charge in [0.25, 0.3) is 5.91 Å². The molecule has 2 aromatic rings. The van der Waals surface area contributed by atoms with Crippen LogP contribution in [0.4, 0.5) is 0 Å². The Morgan fingerprint density at radius 3 is 2.52 bits per heavy atom. The van der Waals surface area contributed by atoms with Gasteiger partial charge in [-0.15, -0.1) is 24.8 Å². The Hall–Kier alpha value is -1.82. The first-order chi connectivity index (χ1) is 11.1. The third-order valence-corrected chi connectivity index (χ3v) is 4.31. The molecule has 2 heterocycles. The molecule has 1 atom stereocenters. The lowest BCUT2D eigenvalue weighted by atomic mass is 9.90. The molecule has 1 amide bonds. The first-order valence-electron chi connectivity index (χ1n) is 7.77. The Balaban J connectivity index is 0.00000156. The van der Waals surface area contributed by atoms with E-state index in [1.54, 1.807) is 36.7 Å². The van der Waals surface area contributed by atoms with E-state index in [1.807, 2.05) is 17.0 Å². The largest absolute Gasteiger partial charge is 0.456 e. The van der Waals surface area contributed by atoms with Crippen molar-refractivity contribution in [2.45, 2.75) is 13.3 Å². The molecule has 1 fully saturated rings. The van der Waals surface area contributed by atoms with Crippen LogP contribution in [0.3, 0.4) is 0 Å². The molecule has 25 heavy (non-hydrogen) atoms. The van der Waals surface area contributed by atoms with E-state index < -0.39 is 0 Å². The molecule has 0 aliphatic carbocycles. The van der Waals surface area contributed by atoms with Gasteiger partial charge in [0.05, 0.1) is 6.20 Å². The average molecular weight is 384 g/mol. The molecular weight excluding hydrogens is 361 g/mol. The van der Waals surface area contributed by atoms with Crippen LogP contribution in [0.15, 0.2) is 48.8 Å². The number of aromatic nitrogens is 1. The first-order valence-corrected chi connectivity index (χ1v) is 7.77. The van der Waals surface area contributed by atoms with E-state index in [0.717, 1.165) is 19.5 Å². The quantitative estimate of drug-likeness (QED) is 0.876. The second-order valence-electron chi connectivity index (χ2n) is 6.31. The monoisotopic (exact) mass is 383 g/mol. The normalized spacial score (nSPS) is 18.9. The fraction of sp³-hybridized carbons (Fsp3) is 0.333. The number of hydrogen-bond donors (Lipinski definition) is 1. The van der Waals surface area contributed by atoms with Gasteiger partial charge in [-0.3, -0.25) is 9.78 Å². The van der Waals surface area contributed by atoms with Gasteiger partial charge in [0.15, 0.2) is 0 Å². The number of nitrogens with zero attached hydrogens (tertiary/aromatic N) is 2. The molecule has 1 aromatic heterocycles. The predicted molar refractivity (Wildman–Crippen MR) is 103 cm³/mol. The SMILES string of the molecule is CC1(CN)CCN(C(=O)c2ccc(Oc3cccnc3)cc2)C1.Cl.Cl. The Labute approximate surface area is 160 Å². The minimum atomic E-state index is 0. The minimum Gasteiger partial charge on any atom is -0.456 e. The highest BCUT2D eigenvalue weighted by molar-refractivity contribution is 5.94. The van der Waals surface area contributed by atoms with Crippen molar-refractivity contribution in [2.24, 2.45) is 11.1 Å². The van der Waals surface area contributed by atoms with Crippen LogP contribution in [-0.2, 0) is 0 Å². The smallest absolute Gasteiger partial charge is 0.253 e. The lowest BCUT2D eigenvalue weighted by Gasteiger charge is -2.22. The Kier molecular flexibility index (Phi) is 7.67. The van der Waals surface area contributed by atoms with Crippen molar-refractivity contribution in [3.05, 3.63) is 54.4 Å². The van der Waals surface area contributed by atoms with Crippen LogP contribution < -0.4 is 10.5 Å². The number of hydrogen-bond acceptors (Lipinski definition) is 4. The first kappa shape index (κ1) is 21.2. The van der Waals surface area contributed by atoms with E-state index in [9.17, 15) is 4.79 Å². The molecule has 0 saturated carbocycles. The summed E-state index contributed by atoms with van der Waals surface area (Å²) in [7, 11) is 0. The van der Waals surface area contributed by atoms with E-state index in [2.05, 4.69) is 11.9 Å². The number of halogens is 2. The van der Waals surface area contributed by atoms with E-state index in [-0.39, 0.29) is 36.1 Å². The molecular formula is C18H23Cl2N3O2. The third-order valence-electron chi connectivity index (χ3n) is 4.31. The summed E-state index contributed by atoms with van der Waals surface area (Å²) in [5, 5.41) is 0. The number of carbonyl (C=O) groups excluding carboxylic acids is 1. The van der Waals surface area contributed by atoms with Gasteiger partial charge in [0.1, 0.15) is 11.5 Å². The number of amides is 1. The molecule has 1 saturated heterocycles. The number of rotatable bonds is 4. The van der Waals surface area contributed by atoms with Gasteiger partial charge in [-0.05, 0) is 54.8 Å². The van der Waals surface area contributed by atoms with Gasteiger partial charge in [0, 0.05) is 24.8 Å². The Morgan fingerprint density at radius 1 is 1.24 bits per heavy atom. The molecule has 7 heteroatoms. The van der Waals surface area contributed by atoms with Gasteiger partial charge in [-0.2, -0.15) is 0 Å². The maximum absolute atomic E-state index is 12.6. The molecule has 5 nitrogen and oxygen atoms in total. The molecule has 3 rings (SSSR count). The van der Waals surface area contributed by atoms with Crippen LogP contribution in [0.25, 0.3) is 0 Å². The number of benzene rings is 1. The lowest BCUT2D eigenvalue weighted by molar-refractivity contribution is 0.0777. The van der Waals surface area contributed by atoms with Crippen LogP contribution in [0, 0.1) is 5.41 Å².